The lowest BCUT2D eigenvalue weighted by Gasteiger charge is -2.39. The zero-order chi connectivity index (χ0) is 21.8. The van der Waals surface area contributed by atoms with Gasteiger partial charge in [-0.3, -0.25) is 14.7 Å². The maximum atomic E-state index is 12.8. The molecule has 0 saturated carbocycles. The van der Waals surface area contributed by atoms with E-state index >= 15 is 0 Å². The summed E-state index contributed by atoms with van der Waals surface area (Å²) in [5.41, 5.74) is 1.55. The molecule has 0 aliphatic carbocycles. The SMILES string of the molecule is CN1CC2(CCN(C(=O)Nc3ccccc3Cl)CC2)CC1C(=O)NCc1ccccn1. The Morgan fingerprint density at radius 3 is 2.61 bits per heavy atom. The predicted molar refractivity (Wildman–Crippen MR) is 121 cm³/mol. The molecular formula is C23H28ClN5O2. The summed E-state index contributed by atoms with van der Waals surface area (Å²) in [6.45, 7) is 2.65. The molecule has 2 fully saturated rings. The van der Waals surface area contributed by atoms with Crippen LogP contribution in [0.3, 0.4) is 0 Å². The van der Waals surface area contributed by atoms with Gasteiger partial charge in [0, 0.05) is 25.8 Å². The van der Waals surface area contributed by atoms with E-state index in [2.05, 4.69) is 20.5 Å². The molecular weight excluding hydrogens is 414 g/mol. The summed E-state index contributed by atoms with van der Waals surface area (Å²) in [5, 5.41) is 6.45. The number of halogens is 1. The lowest BCUT2D eigenvalue weighted by atomic mass is 9.76. The first kappa shape index (κ1) is 21.6. The smallest absolute Gasteiger partial charge is 0.321 e. The monoisotopic (exact) mass is 441 g/mol. The van der Waals surface area contributed by atoms with E-state index < -0.39 is 0 Å². The van der Waals surface area contributed by atoms with Crippen LogP contribution in [0.25, 0.3) is 0 Å². The van der Waals surface area contributed by atoms with Gasteiger partial charge in [0.1, 0.15) is 0 Å². The lowest BCUT2D eigenvalue weighted by Crippen LogP contribution is -2.45. The summed E-state index contributed by atoms with van der Waals surface area (Å²) in [4.78, 5) is 33.7. The fourth-order valence-electron chi connectivity index (χ4n) is 4.66. The van der Waals surface area contributed by atoms with Crippen molar-refractivity contribution < 1.29 is 9.59 Å². The highest BCUT2D eigenvalue weighted by Gasteiger charge is 2.47. The van der Waals surface area contributed by atoms with Crippen molar-refractivity contribution in [2.75, 3.05) is 32.0 Å². The number of carbonyl (C=O) groups excluding carboxylic acids is 2. The molecule has 0 bridgehead atoms. The van der Waals surface area contributed by atoms with Gasteiger partial charge in [0.2, 0.25) is 5.91 Å². The van der Waals surface area contributed by atoms with Gasteiger partial charge in [-0.15, -0.1) is 0 Å². The highest BCUT2D eigenvalue weighted by molar-refractivity contribution is 6.33. The van der Waals surface area contributed by atoms with Crippen LogP contribution in [-0.4, -0.2) is 59.4 Å². The molecule has 7 nitrogen and oxygen atoms in total. The van der Waals surface area contributed by atoms with Gasteiger partial charge < -0.3 is 15.5 Å². The number of anilines is 1. The molecule has 2 N–H and O–H groups in total. The van der Waals surface area contributed by atoms with E-state index in [4.69, 9.17) is 11.6 Å². The second-order valence-corrected chi connectivity index (χ2v) is 8.98. The fraction of sp³-hybridized carbons (Fsp3) is 0.435. The molecule has 31 heavy (non-hydrogen) atoms. The summed E-state index contributed by atoms with van der Waals surface area (Å²) >= 11 is 6.15. The largest absolute Gasteiger partial charge is 0.349 e. The summed E-state index contributed by atoms with van der Waals surface area (Å²) in [6.07, 6.45) is 4.32. The standard InChI is InChI=1S/C23H28ClN5O2/c1-28-16-23(14-20(28)21(30)26-15-17-6-4-5-11-25-17)9-12-29(13-10-23)22(31)27-19-8-3-2-7-18(19)24/h2-8,11,20H,9-10,12-16H2,1H3,(H,26,30)(H,27,31). The number of hydrogen-bond acceptors (Lipinski definition) is 4. The summed E-state index contributed by atoms with van der Waals surface area (Å²) in [7, 11) is 2.01. The average molecular weight is 442 g/mol. The Hall–Kier alpha value is -2.64. The van der Waals surface area contributed by atoms with Gasteiger partial charge in [0.05, 0.1) is 29.0 Å². The number of para-hydroxylation sites is 1. The quantitative estimate of drug-likeness (QED) is 0.762. The number of likely N-dealkylation sites (tertiary alicyclic amines) is 2. The first-order chi connectivity index (χ1) is 15.0. The van der Waals surface area contributed by atoms with E-state index in [9.17, 15) is 9.59 Å². The minimum atomic E-state index is -0.146. The minimum Gasteiger partial charge on any atom is -0.349 e. The molecule has 3 amide bonds. The topological polar surface area (TPSA) is 77.6 Å². The third kappa shape index (κ3) is 4.99. The number of rotatable bonds is 4. The number of likely N-dealkylation sites (N-methyl/N-ethyl adjacent to an activating group) is 1. The van der Waals surface area contributed by atoms with Gasteiger partial charge in [-0.1, -0.05) is 29.8 Å². The van der Waals surface area contributed by atoms with Gasteiger partial charge in [-0.2, -0.15) is 0 Å². The molecule has 1 atom stereocenters. The number of carbonyl (C=O) groups is 2. The number of hydrogen-bond donors (Lipinski definition) is 2. The van der Waals surface area contributed by atoms with Gasteiger partial charge in [-0.05, 0) is 56.0 Å². The van der Waals surface area contributed by atoms with Crippen LogP contribution >= 0.6 is 11.6 Å². The van der Waals surface area contributed by atoms with Crippen LogP contribution in [0.4, 0.5) is 10.5 Å². The fourth-order valence-corrected chi connectivity index (χ4v) is 4.85. The molecule has 1 aromatic heterocycles. The zero-order valence-electron chi connectivity index (χ0n) is 17.7. The molecule has 1 spiro atoms. The van der Waals surface area contributed by atoms with Crippen molar-refractivity contribution in [1.29, 1.82) is 0 Å². The molecule has 1 aromatic carbocycles. The van der Waals surface area contributed by atoms with E-state index in [1.54, 1.807) is 18.3 Å². The highest BCUT2D eigenvalue weighted by Crippen LogP contribution is 2.43. The molecule has 3 heterocycles. The van der Waals surface area contributed by atoms with Crippen LogP contribution in [0.1, 0.15) is 25.0 Å². The molecule has 2 aromatic rings. The first-order valence-electron chi connectivity index (χ1n) is 10.6. The van der Waals surface area contributed by atoms with Gasteiger partial charge in [0.15, 0.2) is 0 Å². The summed E-state index contributed by atoms with van der Waals surface area (Å²) in [6, 6.07) is 12.7. The molecule has 2 saturated heterocycles. The van der Waals surface area contributed by atoms with Gasteiger partial charge in [-0.25, -0.2) is 4.79 Å². The molecule has 1 unspecified atom stereocenters. The molecule has 8 heteroatoms. The van der Waals surface area contributed by atoms with Gasteiger partial charge in [0.25, 0.3) is 0 Å². The van der Waals surface area contributed by atoms with E-state index in [0.717, 1.165) is 31.5 Å². The van der Waals surface area contributed by atoms with E-state index in [1.807, 2.05) is 42.3 Å². The zero-order valence-corrected chi connectivity index (χ0v) is 18.4. The Labute approximate surface area is 187 Å². The molecule has 2 aliphatic heterocycles. The number of piperidine rings is 1. The third-order valence-corrected chi connectivity index (χ3v) is 6.77. The maximum absolute atomic E-state index is 12.8. The summed E-state index contributed by atoms with van der Waals surface area (Å²) in [5.74, 6) is 0.0453. The van der Waals surface area contributed by atoms with Crippen molar-refractivity contribution in [2.45, 2.75) is 31.8 Å². The number of aromatic nitrogens is 1. The molecule has 2 aliphatic rings. The Morgan fingerprint density at radius 2 is 1.90 bits per heavy atom. The number of nitrogens with one attached hydrogen (secondary N) is 2. The third-order valence-electron chi connectivity index (χ3n) is 6.44. The number of pyridine rings is 1. The Bertz CT molecular complexity index is 931. The van der Waals surface area contributed by atoms with E-state index in [0.29, 0.717) is 30.3 Å². The van der Waals surface area contributed by atoms with E-state index in [-0.39, 0.29) is 23.4 Å². The first-order valence-corrected chi connectivity index (χ1v) is 11.0. The van der Waals surface area contributed by atoms with Crippen LogP contribution < -0.4 is 10.6 Å². The normalized spacial score (nSPS) is 20.6. The Kier molecular flexibility index (Phi) is 6.43. The number of benzene rings is 1. The lowest BCUT2D eigenvalue weighted by molar-refractivity contribution is -0.125. The predicted octanol–water partition coefficient (Wildman–Crippen LogP) is 3.37. The molecule has 0 radical (unpaired) electrons. The average Bonchev–Trinajstić information content (AvgIpc) is 3.10. The Morgan fingerprint density at radius 1 is 1.16 bits per heavy atom. The Balaban J connectivity index is 1.30. The van der Waals surface area contributed by atoms with Gasteiger partial charge >= 0.3 is 6.03 Å². The van der Waals surface area contributed by atoms with Crippen molar-refractivity contribution in [2.24, 2.45) is 5.41 Å². The van der Waals surface area contributed by atoms with Crippen LogP contribution in [0.5, 0.6) is 0 Å². The number of nitrogens with zero attached hydrogens (tertiary/aromatic N) is 3. The van der Waals surface area contributed by atoms with Crippen molar-refractivity contribution >= 4 is 29.2 Å². The van der Waals surface area contributed by atoms with E-state index in [1.165, 1.54) is 0 Å². The second kappa shape index (κ2) is 9.24. The summed E-state index contributed by atoms with van der Waals surface area (Å²) < 4.78 is 0. The number of amides is 3. The second-order valence-electron chi connectivity index (χ2n) is 8.57. The van der Waals surface area contributed by atoms with Crippen LogP contribution in [0, 0.1) is 5.41 Å². The van der Waals surface area contributed by atoms with Crippen molar-refractivity contribution in [3.8, 4) is 0 Å². The highest BCUT2D eigenvalue weighted by atomic mass is 35.5. The molecule has 4 rings (SSSR count). The maximum Gasteiger partial charge on any atom is 0.321 e. The van der Waals surface area contributed by atoms with Crippen molar-refractivity contribution in [1.82, 2.24) is 20.1 Å². The number of urea groups is 1. The minimum absolute atomic E-state index is 0.0453. The van der Waals surface area contributed by atoms with Crippen molar-refractivity contribution in [3.05, 3.63) is 59.4 Å². The van der Waals surface area contributed by atoms with Crippen molar-refractivity contribution in [3.63, 3.8) is 0 Å². The molecule has 164 valence electrons. The van der Waals surface area contributed by atoms with Crippen LogP contribution in [-0.2, 0) is 11.3 Å². The van der Waals surface area contributed by atoms with Crippen LogP contribution in [0.2, 0.25) is 5.02 Å². The van der Waals surface area contributed by atoms with Crippen LogP contribution in [0.15, 0.2) is 48.7 Å².